The van der Waals surface area contributed by atoms with E-state index < -0.39 is 6.10 Å². The van der Waals surface area contributed by atoms with Gasteiger partial charge < -0.3 is 18.9 Å². The summed E-state index contributed by atoms with van der Waals surface area (Å²) in [6.07, 6.45) is 7.98. The van der Waals surface area contributed by atoms with Crippen LogP contribution in [0.3, 0.4) is 0 Å². The van der Waals surface area contributed by atoms with Crippen LogP contribution in [-0.2, 0) is 9.47 Å². The summed E-state index contributed by atoms with van der Waals surface area (Å²) in [5, 5.41) is 0. The molecule has 1 heterocycles. The average Bonchev–Trinajstić information content (AvgIpc) is 2.53. The van der Waals surface area contributed by atoms with Crippen LogP contribution in [0.15, 0.2) is 18.2 Å². The summed E-state index contributed by atoms with van der Waals surface area (Å²) in [5.41, 5.74) is 0.860. The predicted molar refractivity (Wildman–Crippen MR) is 75.8 cm³/mol. The van der Waals surface area contributed by atoms with E-state index in [4.69, 9.17) is 25.4 Å². The molecular weight excluding hydrogens is 256 g/mol. The van der Waals surface area contributed by atoms with Gasteiger partial charge in [-0.15, -0.1) is 6.42 Å². The van der Waals surface area contributed by atoms with Crippen molar-refractivity contribution in [3.05, 3.63) is 23.8 Å². The normalized spacial score (nSPS) is 19.9. The highest BCUT2D eigenvalue weighted by atomic mass is 16.7. The summed E-state index contributed by atoms with van der Waals surface area (Å²) in [5.74, 6) is 3.96. The van der Waals surface area contributed by atoms with Crippen molar-refractivity contribution in [1.29, 1.82) is 0 Å². The summed E-state index contributed by atoms with van der Waals surface area (Å²) in [7, 11) is 3.19. The van der Waals surface area contributed by atoms with Crippen LogP contribution in [-0.4, -0.2) is 27.1 Å². The molecule has 4 nitrogen and oxygen atoms in total. The number of hydrogen-bond donors (Lipinski definition) is 0. The van der Waals surface area contributed by atoms with E-state index in [2.05, 4.69) is 5.92 Å². The first-order chi connectivity index (χ1) is 9.78. The van der Waals surface area contributed by atoms with E-state index in [0.29, 0.717) is 11.5 Å². The van der Waals surface area contributed by atoms with Crippen molar-refractivity contribution < 1.29 is 18.9 Å². The van der Waals surface area contributed by atoms with Gasteiger partial charge in [-0.05, 0) is 37.0 Å². The van der Waals surface area contributed by atoms with Crippen LogP contribution >= 0.6 is 0 Å². The van der Waals surface area contributed by atoms with E-state index in [9.17, 15) is 0 Å². The quantitative estimate of drug-likeness (QED) is 0.775. The van der Waals surface area contributed by atoms with Gasteiger partial charge in [0, 0.05) is 6.61 Å². The molecule has 20 heavy (non-hydrogen) atoms. The smallest absolute Gasteiger partial charge is 0.161 e. The van der Waals surface area contributed by atoms with Gasteiger partial charge in [-0.1, -0.05) is 12.0 Å². The lowest BCUT2D eigenvalue weighted by atomic mass is 10.1. The van der Waals surface area contributed by atoms with Gasteiger partial charge >= 0.3 is 0 Å². The van der Waals surface area contributed by atoms with Crippen LogP contribution in [0.4, 0.5) is 0 Å². The Morgan fingerprint density at radius 2 is 2.05 bits per heavy atom. The molecule has 0 spiro atoms. The standard InChI is InChI=1S/C16H20O4/c1-4-13(20-16-7-5-6-10-19-16)12-8-9-14(17-2)15(11-12)18-3/h1,8-9,11,13,16H,5-7,10H2,2-3H3. The Morgan fingerprint density at radius 3 is 2.65 bits per heavy atom. The molecule has 2 unspecified atom stereocenters. The molecule has 108 valence electrons. The maximum absolute atomic E-state index is 5.84. The highest BCUT2D eigenvalue weighted by molar-refractivity contribution is 5.44. The van der Waals surface area contributed by atoms with Crippen molar-refractivity contribution in [1.82, 2.24) is 0 Å². The van der Waals surface area contributed by atoms with Crippen molar-refractivity contribution in [3.8, 4) is 23.8 Å². The van der Waals surface area contributed by atoms with E-state index in [1.807, 2.05) is 18.2 Å². The largest absolute Gasteiger partial charge is 0.493 e. The van der Waals surface area contributed by atoms with Gasteiger partial charge in [0.25, 0.3) is 0 Å². The van der Waals surface area contributed by atoms with E-state index >= 15 is 0 Å². The van der Waals surface area contributed by atoms with E-state index in [0.717, 1.165) is 31.4 Å². The molecule has 4 heteroatoms. The molecule has 0 radical (unpaired) electrons. The lowest BCUT2D eigenvalue weighted by Crippen LogP contribution is -2.24. The topological polar surface area (TPSA) is 36.9 Å². The van der Waals surface area contributed by atoms with Gasteiger partial charge in [0.15, 0.2) is 17.8 Å². The fourth-order valence-electron chi connectivity index (χ4n) is 2.20. The molecule has 1 aliphatic rings. The molecule has 1 aliphatic heterocycles. The van der Waals surface area contributed by atoms with E-state index in [-0.39, 0.29) is 6.29 Å². The molecule has 0 aliphatic carbocycles. The molecule has 2 atom stereocenters. The Morgan fingerprint density at radius 1 is 1.25 bits per heavy atom. The SMILES string of the molecule is C#CC(OC1CCCCO1)c1ccc(OC)c(OC)c1. The highest BCUT2D eigenvalue weighted by Crippen LogP contribution is 2.32. The van der Waals surface area contributed by atoms with E-state index in [1.165, 1.54) is 0 Å². The monoisotopic (exact) mass is 276 g/mol. The zero-order valence-electron chi connectivity index (χ0n) is 11.9. The molecule has 1 saturated heterocycles. The molecule has 2 rings (SSSR count). The molecule has 0 amide bonds. The second-order valence-electron chi connectivity index (χ2n) is 4.59. The first kappa shape index (κ1) is 14.7. The van der Waals surface area contributed by atoms with Gasteiger partial charge in [0.05, 0.1) is 14.2 Å². The minimum atomic E-state index is -0.446. The van der Waals surface area contributed by atoms with Gasteiger partial charge in [-0.25, -0.2) is 0 Å². The van der Waals surface area contributed by atoms with Crippen LogP contribution in [0.5, 0.6) is 11.5 Å². The van der Waals surface area contributed by atoms with Gasteiger partial charge in [-0.3, -0.25) is 0 Å². The van der Waals surface area contributed by atoms with Crippen molar-refractivity contribution >= 4 is 0 Å². The Bertz CT molecular complexity index is 472. The maximum Gasteiger partial charge on any atom is 0.161 e. The molecule has 1 fully saturated rings. The Balaban J connectivity index is 2.12. The maximum atomic E-state index is 5.84. The van der Waals surface area contributed by atoms with Gasteiger partial charge in [0.1, 0.15) is 6.10 Å². The second kappa shape index (κ2) is 7.18. The van der Waals surface area contributed by atoms with Crippen LogP contribution in [0.25, 0.3) is 0 Å². The number of ether oxygens (including phenoxy) is 4. The molecule has 0 bridgehead atoms. The average molecular weight is 276 g/mol. The fraction of sp³-hybridized carbons (Fsp3) is 0.500. The van der Waals surface area contributed by atoms with Crippen molar-refractivity contribution in [2.24, 2.45) is 0 Å². The van der Waals surface area contributed by atoms with Crippen molar-refractivity contribution in [2.45, 2.75) is 31.7 Å². The first-order valence-electron chi connectivity index (χ1n) is 6.73. The van der Waals surface area contributed by atoms with Crippen LogP contribution in [0, 0.1) is 12.3 Å². The van der Waals surface area contributed by atoms with Crippen LogP contribution < -0.4 is 9.47 Å². The first-order valence-corrected chi connectivity index (χ1v) is 6.73. The Labute approximate surface area is 120 Å². The minimum absolute atomic E-state index is 0.224. The number of rotatable bonds is 5. The number of methoxy groups -OCH3 is 2. The third-order valence-electron chi connectivity index (χ3n) is 3.29. The summed E-state index contributed by atoms with van der Waals surface area (Å²) >= 11 is 0. The van der Waals surface area contributed by atoms with Gasteiger partial charge in [0.2, 0.25) is 0 Å². The third kappa shape index (κ3) is 3.44. The van der Waals surface area contributed by atoms with Crippen LogP contribution in [0.2, 0.25) is 0 Å². The zero-order chi connectivity index (χ0) is 14.4. The Kier molecular flexibility index (Phi) is 5.28. The summed E-state index contributed by atoms with van der Waals surface area (Å²) in [6, 6.07) is 5.55. The molecule has 1 aromatic rings. The number of terminal acetylenes is 1. The van der Waals surface area contributed by atoms with Crippen LogP contribution in [0.1, 0.15) is 30.9 Å². The molecule has 0 saturated carbocycles. The summed E-state index contributed by atoms with van der Waals surface area (Å²) in [6.45, 7) is 0.730. The molecule has 0 N–H and O–H groups in total. The lowest BCUT2D eigenvalue weighted by molar-refractivity contribution is -0.178. The molecular formula is C16H20O4. The van der Waals surface area contributed by atoms with Crippen molar-refractivity contribution in [2.75, 3.05) is 20.8 Å². The minimum Gasteiger partial charge on any atom is -0.493 e. The van der Waals surface area contributed by atoms with E-state index in [1.54, 1.807) is 14.2 Å². The number of hydrogen-bond acceptors (Lipinski definition) is 4. The predicted octanol–water partition coefficient (Wildman–Crippen LogP) is 2.92. The summed E-state index contributed by atoms with van der Waals surface area (Å²) < 4.78 is 21.9. The summed E-state index contributed by atoms with van der Waals surface area (Å²) in [4.78, 5) is 0. The number of benzene rings is 1. The third-order valence-corrected chi connectivity index (χ3v) is 3.29. The second-order valence-corrected chi connectivity index (χ2v) is 4.59. The highest BCUT2D eigenvalue weighted by Gasteiger charge is 2.20. The molecule has 1 aromatic carbocycles. The lowest BCUT2D eigenvalue weighted by Gasteiger charge is -2.26. The van der Waals surface area contributed by atoms with Gasteiger partial charge in [-0.2, -0.15) is 0 Å². The van der Waals surface area contributed by atoms with Crippen molar-refractivity contribution in [3.63, 3.8) is 0 Å². The Hall–Kier alpha value is -1.70. The zero-order valence-corrected chi connectivity index (χ0v) is 11.9. The molecule has 0 aromatic heterocycles. The fourth-order valence-corrected chi connectivity index (χ4v) is 2.20.